The SMILES string of the molecule is Cc1cc(-c2cnoc2[C@@H]2CCCNC2)on1. The van der Waals surface area contributed by atoms with Crippen LogP contribution in [0.5, 0.6) is 0 Å². The second-order valence-electron chi connectivity index (χ2n) is 4.48. The number of hydrogen-bond acceptors (Lipinski definition) is 5. The maximum atomic E-state index is 5.39. The van der Waals surface area contributed by atoms with E-state index in [1.54, 1.807) is 6.20 Å². The molecule has 3 heterocycles. The molecule has 0 bridgehead atoms. The standard InChI is InChI=1S/C12H15N3O2/c1-8-5-11(16-15-8)10-7-14-17-12(10)9-3-2-4-13-6-9/h5,7,9,13H,2-4,6H2,1H3/t9-/m1/s1. The van der Waals surface area contributed by atoms with E-state index < -0.39 is 0 Å². The van der Waals surface area contributed by atoms with Crippen LogP contribution in [-0.4, -0.2) is 23.4 Å². The smallest absolute Gasteiger partial charge is 0.172 e. The van der Waals surface area contributed by atoms with Gasteiger partial charge in [-0.15, -0.1) is 0 Å². The molecule has 1 N–H and O–H groups in total. The lowest BCUT2D eigenvalue weighted by Crippen LogP contribution is -2.28. The van der Waals surface area contributed by atoms with E-state index in [9.17, 15) is 0 Å². The van der Waals surface area contributed by atoms with Gasteiger partial charge in [-0.2, -0.15) is 0 Å². The molecule has 0 aliphatic carbocycles. The molecule has 0 aromatic carbocycles. The Hall–Kier alpha value is -1.62. The van der Waals surface area contributed by atoms with Gasteiger partial charge < -0.3 is 14.4 Å². The van der Waals surface area contributed by atoms with Gasteiger partial charge in [0.2, 0.25) is 0 Å². The van der Waals surface area contributed by atoms with Crippen molar-refractivity contribution in [2.24, 2.45) is 0 Å². The zero-order chi connectivity index (χ0) is 11.7. The van der Waals surface area contributed by atoms with Crippen LogP contribution in [0.15, 0.2) is 21.3 Å². The third-order valence-corrected chi connectivity index (χ3v) is 3.16. The maximum absolute atomic E-state index is 5.39. The quantitative estimate of drug-likeness (QED) is 0.860. The molecule has 5 nitrogen and oxygen atoms in total. The van der Waals surface area contributed by atoms with Crippen LogP contribution in [0.4, 0.5) is 0 Å². The minimum atomic E-state index is 0.381. The topological polar surface area (TPSA) is 64.1 Å². The Kier molecular flexibility index (Phi) is 2.68. The Bertz CT molecular complexity index is 497. The number of nitrogens with zero attached hydrogens (tertiary/aromatic N) is 2. The number of rotatable bonds is 2. The van der Waals surface area contributed by atoms with Crippen molar-refractivity contribution in [3.63, 3.8) is 0 Å². The summed E-state index contributed by atoms with van der Waals surface area (Å²) in [5.41, 5.74) is 1.80. The van der Waals surface area contributed by atoms with Crippen molar-refractivity contribution in [3.05, 3.63) is 23.7 Å². The first kappa shape index (κ1) is 10.5. The van der Waals surface area contributed by atoms with Gasteiger partial charge in [0, 0.05) is 18.5 Å². The van der Waals surface area contributed by atoms with E-state index in [0.29, 0.717) is 5.92 Å². The summed E-state index contributed by atoms with van der Waals surface area (Å²) in [6.07, 6.45) is 4.01. The van der Waals surface area contributed by atoms with E-state index in [1.807, 2.05) is 13.0 Å². The average molecular weight is 233 g/mol. The Morgan fingerprint density at radius 1 is 1.41 bits per heavy atom. The summed E-state index contributed by atoms with van der Waals surface area (Å²) in [7, 11) is 0. The van der Waals surface area contributed by atoms with Gasteiger partial charge in [0.05, 0.1) is 17.5 Å². The van der Waals surface area contributed by atoms with E-state index in [4.69, 9.17) is 9.05 Å². The summed E-state index contributed by atoms with van der Waals surface area (Å²) >= 11 is 0. The van der Waals surface area contributed by atoms with Crippen LogP contribution in [0.1, 0.15) is 30.2 Å². The molecule has 1 fully saturated rings. The molecule has 0 amide bonds. The summed E-state index contributed by atoms with van der Waals surface area (Å²) in [4.78, 5) is 0. The third kappa shape index (κ3) is 1.98. The highest BCUT2D eigenvalue weighted by Crippen LogP contribution is 2.32. The van der Waals surface area contributed by atoms with Gasteiger partial charge in [0.25, 0.3) is 0 Å². The molecule has 1 saturated heterocycles. The van der Waals surface area contributed by atoms with Gasteiger partial charge in [-0.05, 0) is 26.3 Å². The largest absolute Gasteiger partial charge is 0.360 e. The van der Waals surface area contributed by atoms with Crippen molar-refractivity contribution in [2.45, 2.75) is 25.7 Å². The number of piperidine rings is 1. The third-order valence-electron chi connectivity index (χ3n) is 3.16. The fourth-order valence-electron chi connectivity index (χ4n) is 2.29. The normalized spacial score (nSPS) is 20.6. The second kappa shape index (κ2) is 4.33. The van der Waals surface area contributed by atoms with Crippen molar-refractivity contribution >= 4 is 0 Å². The van der Waals surface area contributed by atoms with E-state index in [2.05, 4.69) is 15.6 Å². The van der Waals surface area contributed by atoms with Crippen molar-refractivity contribution in [2.75, 3.05) is 13.1 Å². The minimum absolute atomic E-state index is 0.381. The van der Waals surface area contributed by atoms with Crippen molar-refractivity contribution < 1.29 is 9.05 Å². The highest BCUT2D eigenvalue weighted by molar-refractivity contribution is 5.59. The van der Waals surface area contributed by atoms with E-state index in [-0.39, 0.29) is 0 Å². The number of aryl methyl sites for hydroxylation is 1. The minimum Gasteiger partial charge on any atom is -0.360 e. The van der Waals surface area contributed by atoms with Gasteiger partial charge in [-0.25, -0.2) is 0 Å². The Morgan fingerprint density at radius 2 is 2.35 bits per heavy atom. The number of hydrogen-bond donors (Lipinski definition) is 1. The fourth-order valence-corrected chi connectivity index (χ4v) is 2.29. The molecule has 3 rings (SSSR count). The molecule has 0 spiro atoms. The number of aromatic nitrogens is 2. The number of nitrogens with one attached hydrogen (secondary N) is 1. The molecule has 0 saturated carbocycles. The van der Waals surface area contributed by atoms with Crippen LogP contribution in [0.3, 0.4) is 0 Å². The molecule has 5 heteroatoms. The first-order valence-corrected chi connectivity index (χ1v) is 5.93. The van der Waals surface area contributed by atoms with E-state index in [1.165, 1.54) is 6.42 Å². The Morgan fingerprint density at radius 3 is 3.06 bits per heavy atom. The first-order chi connectivity index (χ1) is 8.34. The first-order valence-electron chi connectivity index (χ1n) is 5.93. The van der Waals surface area contributed by atoms with Gasteiger partial charge in [0.1, 0.15) is 0 Å². The predicted octanol–water partition coefficient (Wildman–Crippen LogP) is 2.11. The summed E-state index contributed by atoms with van der Waals surface area (Å²) in [6.45, 7) is 3.93. The lowest BCUT2D eigenvalue weighted by molar-refractivity contribution is 0.329. The van der Waals surface area contributed by atoms with Gasteiger partial charge in [0.15, 0.2) is 11.5 Å². The van der Waals surface area contributed by atoms with Crippen molar-refractivity contribution in [3.8, 4) is 11.3 Å². The van der Waals surface area contributed by atoms with Crippen LogP contribution >= 0.6 is 0 Å². The van der Waals surface area contributed by atoms with Gasteiger partial charge in [-0.1, -0.05) is 10.3 Å². The van der Waals surface area contributed by atoms with Crippen LogP contribution < -0.4 is 5.32 Å². The second-order valence-corrected chi connectivity index (χ2v) is 4.48. The molecule has 0 unspecified atom stereocenters. The zero-order valence-corrected chi connectivity index (χ0v) is 9.77. The van der Waals surface area contributed by atoms with Gasteiger partial charge in [-0.3, -0.25) is 0 Å². The predicted molar refractivity (Wildman–Crippen MR) is 61.6 cm³/mol. The van der Waals surface area contributed by atoms with Crippen LogP contribution in [0.2, 0.25) is 0 Å². The maximum Gasteiger partial charge on any atom is 0.172 e. The summed E-state index contributed by atoms with van der Waals surface area (Å²) in [6, 6.07) is 1.91. The molecular weight excluding hydrogens is 218 g/mol. The summed E-state index contributed by atoms with van der Waals surface area (Å²) < 4.78 is 10.7. The molecular formula is C12H15N3O2. The molecule has 2 aromatic rings. The summed E-state index contributed by atoms with van der Waals surface area (Å²) in [5, 5.41) is 11.2. The molecule has 1 atom stereocenters. The molecule has 17 heavy (non-hydrogen) atoms. The molecule has 90 valence electrons. The van der Waals surface area contributed by atoms with Crippen LogP contribution in [-0.2, 0) is 0 Å². The van der Waals surface area contributed by atoms with Crippen LogP contribution in [0, 0.1) is 6.92 Å². The monoisotopic (exact) mass is 233 g/mol. The van der Waals surface area contributed by atoms with Crippen molar-refractivity contribution in [1.82, 2.24) is 15.6 Å². The highest BCUT2D eigenvalue weighted by Gasteiger charge is 2.24. The summed E-state index contributed by atoms with van der Waals surface area (Å²) in [5.74, 6) is 2.03. The van der Waals surface area contributed by atoms with Crippen molar-refractivity contribution in [1.29, 1.82) is 0 Å². The molecule has 2 aromatic heterocycles. The fraction of sp³-hybridized carbons (Fsp3) is 0.500. The van der Waals surface area contributed by atoms with Crippen LogP contribution in [0.25, 0.3) is 11.3 Å². The highest BCUT2D eigenvalue weighted by atomic mass is 16.5. The average Bonchev–Trinajstić information content (AvgIpc) is 2.98. The zero-order valence-electron chi connectivity index (χ0n) is 9.77. The Balaban J connectivity index is 1.93. The van der Waals surface area contributed by atoms with Gasteiger partial charge >= 0.3 is 0 Å². The van der Waals surface area contributed by atoms with E-state index >= 15 is 0 Å². The lowest BCUT2D eigenvalue weighted by atomic mass is 9.94. The Labute approximate surface area is 99.2 Å². The molecule has 0 radical (unpaired) electrons. The van der Waals surface area contributed by atoms with E-state index in [0.717, 1.165) is 42.3 Å². The lowest BCUT2D eigenvalue weighted by Gasteiger charge is -2.20. The molecule has 1 aliphatic heterocycles. The molecule has 1 aliphatic rings.